The Bertz CT molecular complexity index is 522. The van der Waals surface area contributed by atoms with Gasteiger partial charge in [-0.1, -0.05) is 30.3 Å². The number of Topliss-reactive ketones (excluding diaryl/α,β-unsaturated/α-hetero) is 2. The van der Waals surface area contributed by atoms with E-state index in [2.05, 4.69) is 0 Å². The van der Waals surface area contributed by atoms with Gasteiger partial charge in [0, 0.05) is 24.8 Å². The number of benzene rings is 1. The predicted molar refractivity (Wildman–Crippen MR) is 84.1 cm³/mol. The summed E-state index contributed by atoms with van der Waals surface area (Å²) >= 11 is 0. The van der Waals surface area contributed by atoms with Crippen molar-refractivity contribution < 1.29 is 19.3 Å². The molecule has 1 aromatic carbocycles. The quantitative estimate of drug-likeness (QED) is 0.780. The molecule has 2 rings (SSSR count). The largest absolute Gasteiger partial charge is 0.458 e. The van der Waals surface area contributed by atoms with Gasteiger partial charge in [0.1, 0.15) is 5.78 Å². The zero-order valence-electron chi connectivity index (χ0n) is 12.8. The minimum atomic E-state index is -1.01. The Morgan fingerprint density at radius 2 is 2.00 bits per heavy atom. The first-order valence-electron chi connectivity index (χ1n) is 7.63. The predicted octanol–water partition coefficient (Wildman–Crippen LogP) is 1.65. The SMILES string of the molecule is CC(=O)C[C@@H]1CC[C@H](CC(=O)[C@@H](N)c2ccccc2)B(O)O1. The van der Waals surface area contributed by atoms with E-state index in [0.29, 0.717) is 19.3 Å². The van der Waals surface area contributed by atoms with E-state index in [0.717, 1.165) is 5.56 Å². The number of carbonyl (C=O) groups is 2. The fourth-order valence-corrected chi connectivity index (χ4v) is 2.82. The first-order valence-corrected chi connectivity index (χ1v) is 7.63. The zero-order chi connectivity index (χ0) is 16.1. The number of hydrogen-bond acceptors (Lipinski definition) is 5. The van der Waals surface area contributed by atoms with Crippen molar-refractivity contribution in [2.75, 3.05) is 0 Å². The molecule has 6 heteroatoms. The van der Waals surface area contributed by atoms with E-state index in [1.165, 1.54) is 6.92 Å². The zero-order valence-corrected chi connectivity index (χ0v) is 12.8. The van der Waals surface area contributed by atoms with Crippen LogP contribution in [0.5, 0.6) is 0 Å². The van der Waals surface area contributed by atoms with Crippen molar-refractivity contribution >= 4 is 18.7 Å². The van der Waals surface area contributed by atoms with Crippen molar-refractivity contribution in [2.24, 2.45) is 5.73 Å². The molecule has 3 atom stereocenters. The third-order valence-corrected chi connectivity index (χ3v) is 4.08. The maximum Gasteiger partial charge on any atom is 0.458 e. The molecule has 0 aromatic heterocycles. The Morgan fingerprint density at radius 1 is 1.32 bits per heavy atom. The van der Waals surface area contributed by atoms with Crippen LogP contribution in [0.2, 0.25) is 5.82 Å². The van der Waals surface area contributed by atoms with E-state index in [1.807, 2.05) is 30.3 Å². The minimum absolute atomic E-state index is 0.0397. The molecular formula is C16H22BNO4. The van der Waals surface area contributed by atoms with Crippen LogP contribution in [0.3, 0.4) is 0 Å². The molecular weight excluding hydrogens is 281 g/mol. The summed E-state index contributed by atoms with van der Waals surface area (Å²) in [5.74, 6) is -0.327. The monoisotopic (exact) mass is 303 g/mol. The van der Waals surface area contributed by atoms with E-state index >= 15 is 0 Å². The number of nitrogens with two attached hydrogens (primary N) is 1. The van der Waals surface area contributed by atoms with Gasteiger partial charge in [-0.2, -0.15) is 0 Å². The second-order valence-electron chi connectivity index (χ2n) is 5.95. The molecule has 0 unspecified atom stereocenters. The average Bonchev–Trinajstić information content (AvgIpc) is 2.49. The standard InChI is InChI=1S/C16H22BNO4/c1-11(19)9-14-8-7-13(17(21)22-14)10-15(20)16(18)12-5-3-2-4-6-12/h2-6,13-14,16,21H,7-10,18H2,1H3/t13-,14+,16+/m1/s1. The molecule has 3 N–H and O–H groups in total. The highest BCUT2D eigenvalue weighted by atomic mass is 16.5. The fourth-order valence-electron chi connectivity index (χ4n) is 2.82. The summed E-state index contributed by atoms with van der Waals surface area (Å²) in [4.78, 5) is 23.4. The van der Waals surface area contributed by atoms with Crippen molar-refractivity contribution in [1.29, 1.82) is 0 Å². The maximum atomic E-state index is 12.3. The Labute approximate surface area is 131 Å². The van der Waals surface area contributed by atoms with E-state index in [-0.39, 0.29) is 29.9 Å². The van der Waals surface area contributed by atoms with Crippen molar-refractivity contribution in [2.45, 2.75) is 50.6 Å². The van der Waals surface area contributed by atoms with Gasteiger partial charge in [-0.15, -0.1) is 0 Å². The van der Waals surface area contributed by atoms with Crippen LogP contribution >= 0.6 is 0 Å². The van der Waals surface area contributed by atoms with E-state index in [1.54, 1.807) is 0 Å². The Kier molecular flexibility index (Phi) is 5.88. The topological polar surface area (TPSA) is 89.6 Å². The van der Waals surface area contributed by atoms with Crippen LogP contribution in [-0.2, 0) is 14.2 Å². The highest BCUT2D eigenvalue weighted by Gasteiger charge is 2.37. The number of ketones is 2. The summed E-state index contributed by atoms with van der Waals surface area (Å²) in [5, 5.41) is 10.0. The lowest BCUT2D eigenvalue weighted by Crippen LogP contribution is -2.38. The summed E-state index contributed by atoms with van der Waals surface area (Å²) in [5.41, 5.74) is 6.75. The van der Waals surface area contributed by atoms with Crippen LogP contribution < -0.4 is 5.73 Å². The van der Waals surface area contributed by atoms with Gasteiger partial charge in [-0.3, -0.25) is 9.59 Å². The molecule has 22 heavy (non-hydrogen) atoms. The highest BCUT2D eigenvalue weighted by molar-refractivity contribution is 6.45. The molecule has 0 radical (unpaired) electrons. The van der Waals surface area contributed by atoms with Crippen molar-refractivity contribution in [1.82, 2.24) is 0 Å². The molecule has 1 heterocycles. The molecule has 118 valence electrons. The molecule has 1 saturated heterocycles. The summed E-state index contributed by atoms with van der Waals surface area (Å²) in [6.07, 6.45) is 1.58. The Hall–Kier alpha value is -1.50. The van der Waals surface area contributed by atoms with Crippen molar-refractivity contribution in [3.63, 3.8) is 0 Å². The molecule has 0 spiro atoms. The van der Waals surface area contributed by atoms with Gasteiger partial charge < -0.3 is 15.4 Å². The van der Waals surface area contributed by atoms with Crippen LogP contribution in [0.15, 0.2) is 30.3 Å². The van der Waals surface area contributed by atoms with Gasteiger partial charge in [-0.25, -0.2) is 0 Å². The fraction of sp³-hybridized carbons (Fsp3) is 0.500. The minimum Gasteiger partial charge on any atom is -0.427 e. The average molecular weight is 303 g/mol. The first-order chi connectivity index (χ1) is 10.5. The lowest BCUT2D eigenvalue weighted by Gasteiger charge is -2.30. The molecule has 0 aliphatic carbocycles. The van der Waals surface area contributed by atoms with Gasteiger partial charge >= 0.3 is 7.12 Å². The van der Waals surface area contributed by atoms with Gasteiger partial charge in [0.2, 0.25) is 0 Å². The van der Waals surface area contributed by atoms with Crippen molar-refractivity contribution in [3.05, 3.63) is 35.9 Å². The normalized spacial score (nSPS) is 23.1. The third kappa shape index (κ3) is 4.50. The van der Waals surface area contributed by atoms with E-state index < -0.39 is 13.2 Å². The summed E-state index contributed by atoms with van der Waals surface area (Å²) in [6, 6.07) is 8.51. The van der Waals surface area contributed by atoms with Gasteiger partial charge in [-0.05, 0) is 25.3 Å². The van der Waals surface area contributed by atoms with Crippen LogP contribution in [0.25, 0.3) is 0 Å². The molecule has 1 aromatic rings. The second-order valence-corrected chi connectivity index (χ2v) is 5.95. The number of rotatable bonds is 6. The van der Waals surface area contributed by atoms with Crippen LogP contribution in [0, 0.1) is 0 Å². The number of hydrogen-bond donors (Lipinski definition) is 2. The molecule has 1 fully saturated rings. The number of carbonyl (C=O) groups excluding carboxylic acids is 2. The highest BCUT2D eigenvalue weighted by Crippen LogP contribution is 2.32. The smallest absolute Gasteiger partial charge is 0.427 e. The molecule has 0 amide bonds. The van der Waals surface area contributed by atoms with E-state index in [4.69, 9.17) is 10.4 Å². The van der Waals surface area contributed by atoms with Crippen molar-refractivity contribution in [3.8, 4) is 0 Å². The summed E-state index contributed by atoms with van der Waals surface area (Å²) in [7, 11) is -1.01. The van der Waals surface area contributed by atoms with Crippen LogP contribution in [0.4, 0.5) is 0 Å². The molecule has 5 nitrogen and oxygen atoms in total. The lowest BCUT2D eigenvalue weighted by atomic mass is 9.64. The van der Waals surface area contributed by atoms with Crippen LogP contribution in [0.1, 0.15) is 44.2 Å². The third-order valence-electron chi connectivity index (χ3n) is 4.08. The Balaban J connectivity index is 1.88. The first kappa shape index (κ1) is 16.9. The van der Waals surface area contributed by atoms with Gasteiger partial charge in [0.25, 0.3) is 0 Å². The Morgan fingerprint density at radius 3 is 2.59 bits per heavy atom. The maximum absolute atomic E-state index is 12.3. The summed E-state index contributed by atoms with van der Waals surface area (Å²) in [6.45, 7) is 1.50. The summed E-state index contributed by atoms with van der Waals surface area (Å²) < 4.78 is 5.44. The van der Waals surface area contributed by atoms with Gasteiger partial charge in [0.15, 0.2) is 5.78 Å². The molecule has 1 aliphatic rings. The second kappa shape index (κ2) is 7.67. The molecule has 1 aliphatic heterocycles. The lowest BCUT2D eigenvalue weighted by molar-refractivity contribution is -0.121. The molecule has 0 saturated carbocycles. The van der Waals surface area contributed by atoms with Crippen LogP contribution in [-0.4, -0.2) is 29.8 Å². The molecule has 0 bridgehead atoms. The van der Waals surface area contributed by atoms with E-state index in [9.17, 15) is 14.6 Å². The van der Waals surface area contributed by atoms with Gasteiger partial charge in [0.05, 0.1) is 6.04 Å².